The highest BCUT2D eigenvalue weighted by molar-refractivity contribution is 7.21. The normalized spacial score (nSPS) is 12.3. The molecule has 0 radical (unpaired) electrons. The van der Waals surface area contributed by atoms with Crippen LogP contribution in [0.3, 0.4) is 0 Å². The van der Waals surface area contributed by atoms with E-state index in [9.17, 15) is 4.79 Å². The van der Waals surface area contributed by atoms with Gasteiger partial charge in [0.25, 0.3) is 0 Å². The number of ether oxygens (including phenoxy) is 1. The third kappa shape index (κ3) is 3.54. The van der Waals surface area contributed by atoms with Gasteiger partial charge in [0.1, 0.15) is 6.73 Å². The van der Waals surface area contributed by atoms with Crippen molar-refractivity contribution in [3.05, 3.63) is 29.3 Å². The first kappa shape index (κ1) is 16.4. The number of nitrogens with zero attached hydrogens (tertiary/aromatic N) is 2. The number of hydrogen-bond donors (Lipinski definition) is 0. The molecule has 0 aliphatic heterocycles. The summed E-state index contributed by atoms with van der Waals surface area (Å²) >= 11 is 1.54. The molecule has 2 heterocycles. The van der Waals surface area contributed by atoms with Gasteiger partial charge in [-0.05, 0) is 31.2 Å². The largest absolute Gasteiger partial charge is 0.360 e. The average molecular weight is 347 g/mol. The Kier molecular flexibility index (Phi) is 4.40. The minimum absolute atomic E-state index is 0.112. The summed E-state index contributed by atoms with van der Waals surface area (Å²) in [4.78, 5) is 12.4. The predicted molar refractivity (Wildman–Crippen MR) is 99.2 cm³/mol. The molecular weight excluding hydrogens is 324 g/mol. The highest BCUT2D eigenvalue weighted by atomic mass is 32.1. The molecule has 0 saturated carbocycles. The van der Waals surface area contributed by atoms with E-state index in [2.05, 4.69) is 36.9 Å². The highest BCUT2D eigenvalue weighted by Crippen LogP contribution is 2.32. The minimum Gasteiger partial charge on any atom is -0.360 e. The van der Waals surface area contributed by atoms with Gasteiger partial charge in [-0.15, -0.1) is 11.3 Å². The average Bonchev–Trinajstić information content (AvgIpc) is 3.06. The standard InChI is InChI=1S/C17H22N2O2SSi/c1-12(20)17-9-13-14-10-18-19(11-21-7-8-23(2,3)4)15(14)5-6-16(13)22-17/h5-6,9-10H,7-8,11H2,1-4H3. The highest BCUT2D eigenvalue weighted by Gasteiger charge is 2.13. The molecule has 0 unspecified atom stereocenters. The number of rotatable bonds is 6. The van der Waals surface area contributed by atoms with Crippen LogP contribution in [0.1, 0.15) is 16.6 Å². The maximum atomic E-state index is 11.6. The van der Waals surface area contributed by atoms with E-state index >= 15 is 0 Å². The Morgan fingerprint density at radius 2 is 2.09 bits per heavy atom. The van der Waals surface area contributed by atoms with Gasteiger partial charge in [0.15, 0.2) is 5.78 Å². The molecule has 0 aliphatic rings. The zero-order valence-electron chi connectivity index (χ0n) is 14.0. The van der Waals surface area contributed by atoms with Crippen LogP contribution in [0.4, 0.5) is 0 Å². The number of thiophene rings is 1. The van der Waals surface area contributed by atoms with Crippen molar-refractivity contribution in [2.75, 3.05) is 6.61 Å². The number of hydrogen-bond acceptors (Lipinski definition) is 4. The van der Waals surface area contributed by atoms with E-state index in [1.54, 1.807) is 18.3 Å². The van der Waals surface area contributed by atoms with Crippen LogP contribution in [0.5, 0.6) is 0 Å². The molecule has 23 heavy (non-hydrogen) atoms. The number of ketones is 1. The first-order valence-corrected chi connectivity index (χ1v) is 12.3. The van der Waals surface area contributed by atoms with E-state index in [-0.39, 0.29) is 5.78 Å². The number of benzene rings is 1. The Labute approximate surface area is 141 Å². The Bertz CT molecular complexity index is 861. The maximum absolute atomic E-state index is 11.6. The second-order valence-corrected chi connectivity index (χ2v) is 13.8. The second kappa shape index (κ2) is 6.18. The van der Waals surface area contributed by atoms with Gasteiger partial charge in [0.2, 0.25) is 0 Å². The summed E-state index contributed by atoms with van der Waals surface area (Å²) in [6.07, 6.45) is 1.87. The van der Waals surface area contributed by atoms with E-state index in [1.807, 2.05) is 16.9 Å². The van der Waals surface area contributed by atoms with Crippen LogP contribution in [-0.4, -0.2) is 30.2 Å². The van der Waals surface area contributed by atoms with E-state index in [1.165, 1.54) is 0 Å². The first-order chi connectivity index (χ1) is 10.8. The number of aromatic nitrogens is 2. The van der Waals surface area contributed by atoms with Gasteiger partial charge in [-0.1, -0.05) is 19.6 Å². The Balaban J connectivity index is 1.83. The van der Waals surface area contributed by atoms with Crippen molar-refractivity contribution in [1.29, 1.82) is 0 Å². The molecular formula is C17H22N2O2SSi. The van der Waals surface area contributed by atoms with Gasteiger partial charge in [0, 0.05) is 30.2 Å². The Morgan fingerprint density at radius 3 is 2.78 bits per heavy atom. The number of fused-ring (bicyclic) bond motifs is 3. The number of carbonyl (C=O) groups is 1. The monoisotopic (exact) mass is 346 g/mol. The molecule has 0 N–H and O–H groups in total. The summed E-state index contributed by atoms with van der Waals surface area (Å²) in [7, 11) is -1.06. The van der Waals surface area contributed by atoms with Crippen molar-refractivity contribution < 1.29 is 9.53 Å². The van der Waals surface area contributed by atoms with Crippen LogP contribution >= 0.6 is 11.3 Å². The van der Waals surface area contributed by atoms with Crippen LogP contribution in [0, 0.1) is 0 Å². The topological polar surface area (TPSA) is 44.1 Å². The fraction of sp³-hybridized carbons (Fsp3) is 0.412. The van der Waals surface area contributed by atoms with Gasteiger partial charge in [-0.3, -0.25) is 4.79 Å². The van der Waals surface area contributed by atoms with Crippen LogP contribution < -0.4 is 0 Å². The van der Waals surface area contributed by atoms with E-state index in [0.717, 1.165) is 38.5 Å². The van der Waals surface area contributed by atoms with Crippen molar-refractivity contribution in [2.45, 2.75) is 39.3 Å². The summed E-state index contributed by atoms with van der Waals surface area (Å²) in [6, 6.07) is 7.26. The Morgan fingerprint density at radius 1 is 1.30 bits per heavy atom. The van der Waals surface area contributed by atoms with Crippen LogP contribution in [-0.2, 0) is 11.5 Å². The van der Waals surface area contributed by atoms with Crippen LogP contribution in [0.25, 0.3) is 21.0 Å². The molecule has 4 nitrogen and oxygen atoms in total. The van der Waals surface area contributed by atoms with Crippen molar-refractivity contribution >= 4 is 46.2 Å². The van der Waals surface area contributed by atoms with Crippen molar-refractivity contribution in [3.63, 3.8) is 0 Å². The molecule has 0 bridgehead atoms. The molecule has 122 valence electrons. The van der Waals surface area contributed by atoms with E-state index in [4.69, 9.17) is 4.74 Å². The summed E-state index contributed by atoms with van der Waals surface area (Å²) in [5.41, 5.74) is 1.05. The van der Waals surface area contributed by atoms with Gasteiger partial charge < -0.3 is 4.74 Å². The molecule has 0 saturated heterocycles. The fourth-order valence-electron chi connectivity index (χ4n) is 2.48. The zero-order valence-corrected chi connectivity index (χ0v) is 15.9. The van der Waals surface area contributed by atoms with E-state index < -0.39 is 8.07 Å². The fourth-order valence-corrected chi connectivity index (χ4v) is 4.21. The lowest BCUT2D eigenvalue weighted by molar-refractivity contribution is 0.0817. The molecule has 0 aliphatic carbocycles. The smallest absolute Gasteiger partial charge is 0.169 e. The molecule has 0 fully saturated rings. The minimum atomic E-state index is -1.06. The molecule has 1 aromatic carbocycles. The molecule has 0 amide bonds. The Hall–Kier alpha value is -1.50. The maximum Gasteiger partial charge on any atom is 0.169 e. The van der Waals surface area contributed by atoms with Crippen molar-refractivity contribution in [1.82, 2.24) is 9.78 Å². The lowest BCUT2D eigenvalue weighted by atomic mass is 10.1. The van der Waals surface area contributed by atoms with Crippen LogP contribution in [0.15, 0.2) is 24.4 Å². The van der Waals surface area contributed by atoms with E-state index in [0.29, 0.717) is 6.73 Å². The third-order valence-electron chi connectivity index (χ3n) is 3.88. The van der Waals surface area contributed by atoms with Gasteiger partial charge >= 0.3 is 0 Å². The molecule has 6 heteroatoms. The lowest BCUT2D eigenvalue weighted by Gasteiger charge is -2.15. The summed E-state index contributed by atoms with van der Waals surface area (Å²) < 4.78 is 8.82. The first-order valence-electron chi connectivity index (χ1n) is 7.82. The number of carbonyl (C=O) groups excluding carboxylic acids is 1. The van der Waals surface area contributed by atoms with Gasteiger partial charge in [-0.2, -0.15) is 5.10 Å². The van der Waals surface area contributed by atoms with Crippen molar-refractivity contribution in [3.8, 4) is 0 Å². The third-order valence-corrected chi connectivity index (χ3v) is 6.79. The lowest BCUT2D eigenvalue weighted by Crippen LogP contribution is -2.22. The van der Waals surface area contributed by atoms with Gasteiger partial charge in [-0.25, -0.2) is 4.68 Å². The SMILES string of the molecule is CC(=O)c1cc2c(ccc3c2cnn3COCC[Si](C)(C)C)s1. The molecule has 0 spiro atoms. The van der Waals surface area contributed by atoms with Crippen molar-refractivity contribution in [2.24, 2.45) is 0 Å². The molecule has 0 atom stereocenters. The molecule has 3 aromatic rings. The summed E-state index contributed by atoms with van der Waals surface area (Å²) in [5, 5.41) is 6.64. The van der Waals surface area contributed by atoms with Gasteiger partial charge in [0.05, 0.1) is 16.6 Å². The second-order valence-electron chi connectivity index (χ2n) is 7.07. The quantitative estimate of drug-likeness (QED) is 0.367. The molecule has 3 rings (SSSR count). The zero-order chi connectivity index (χ0) is 16.6. The predicted octanol–water partition coefficient (Wildman–Crippen LogP) is 4.77. The molecule has 2 aromatic heterocycles. The number of Topliss-reactive ketones (excluding diaryl/α,β-unsaturated/α-hetero) is 1. The summed E-state index contributed by atoms with van der Waals surface area (Å²) in [5.74, 6) is 0.112. The van der Waals surface area contributed by atoms with Crippen LogP contribution in [0.2, 0.25) is 25.7 Å². The summed E-state index contributed by atoms with van der Waals surface area (Å²) in [6.45, 7) is 9.91.